The topological polar surface area (TPSA) is 52.0 Å². The van der Waals surface area contributed by atoms with E-state index >= 15 is 0 Å². The molecule has 0 amide bonds. The molecule has 184 valence electrons. The number of nitrogens with zero attached hydrogens (tertiary/aromatic N) is 2. The molecule has 0 bridgehead atoms. The number of aromatic nitrogens is 2. The van der Waals surface area contributed by atoms with Gasteiger partial charge in [-0.25, -0.2) is 13.4 Å². The molecule has 1 aliphatic rings. The van der Waals surface area contributed by atoms with Gasteiger partial charge >= 0.3 is 0 Å². The van der Waals surface area contributed by atoms with E-state index in [-0.39, 0.29) is 0 Å². The van der Waals surface area contributed by atoms with Gasteiger partial charge in [-0.05, 0) is 85.4 Å². The third-order valence-electron chi connectivity index (χ3n) is 8.42. The Labute approximate surface area is 224 Å². The summed E-state index contributed by atoms with van der Waals surface area (Å²) in [6.45, 7) is 1.92. The maximum absolute atomic E-state index is 13.9. The van der Waals surface area contributed by atoms with Crippen molar-refractivity contribution in [3.8, 4) is 16.8 Å². The molecule has 0 aliphatic carbocycles. The number of benzene rings is 7. The third-order valence-corrected chi connectivity index (χ3v) is 10.2. The van der Waals surface area contributed by atoms with Crippen molar-refractivity contribution in [3.63, 3.8) is 0 Å². The molecule has 9 rings (SSSR count). The molecule has 0 saturated carbocycles. The smallest absolute Gasteiger partial charge is 0.210 e. The van der Waals surface area contributed by atoms with Crippen molar-refractivity contribution in [2.24, 2.45) is 0 Å². The lowest BCUT2D eigenvalue weighted by Gasteiger charge is -2.22. The van der Waals surface area contributed by atoms with Crippen molar-refractivity contribution in [3.05, 3.63) is 109 Å². The van der Waals surface area contributed by atoms with Gasteiger partial charge < -0.3 is 0 Å². The lowest BCUT2D eigenvalue weighted by molar-refractivity contribution is 0.594. The van der Waals surface area contributed by atoms with Gasteiger partial charge in [0.05, 0.1) is 26.5 Å². The molecule has 39 heavy (non-hydrogen) atoms. The second-order valence-electron chi connectivity index (χ2n) is 10.4. The van der Waals surface area contributed by atoms with E-state index in [1.807, 2.05) is 35.8 Å². The van der Waals surface area contributed by atoms with Crippen LogP contribution in [0.3, 0.4) is 0 Å². The van der Waals surface area contributed by atoms with Crippen LogP contribution in [0.15, 0.2) is 113 Å². The molecule has 0 N–H and O–H groups in total. The summed E-state index contributed by atoms with van der Waals surface area (Å²) in [7, 11) is -3.72. The van der Waals surface area contributed by atoms with Crippen LogP contribution in [0.2, 0.25) is 0 Å². The number of sulfone groups is 1. The summed E-state index contributed by atoms with van der Waals surface area (Å²) in [5, 5.41) is 9.75. The summed E-state index contributed by atoms with van der Waals surface area (Å²) >= 11 is 0. The highest BCUT2D eigenvalue weighted by Crippen LogP contribution is 2.45. The van der Waals surface area contributed by atoms with Gasteiger partial charge in [-0.3, -0.25) is 4.57 Å². The second-order valence-corrected chi connectivity index (χ2v) is 12.3. The van der Waals surface area contributed by atoms with Gasteiger partial charge in [-0.2, -0.15) is 0 Å². The van der Waals surface area contributed by atoms with Gasteiger partial charge in [0, 0.05) is 0 Å². The lowest BCUT2D eigenvalue weighted by atomic mass is 9.87. The molecule has 0 spiro atoms. The Kier molecular flexibility index (Phi) is 3.82. The summed E-state index contributed by atoms with van der Waals surface area (Å²) < 4.78 is 29.8. The zero-order chi connectivity index (χ0) is 26.0. The number of imidazole rings is 1. The molecule has 5 heteroatoms. The van der Waals surface area contributed by atoms with Crippen molar-refractivity contribution in [1.82, 2.24) is 9.55 Å². The highest BCUT2D eigenvalue weighted by molar-refractivity contribution is 7.92. The Balaban J connectivity index is 1.37. The molecule has 0 saturated heterocycles. The van der Waals surface area contributed by atoms with Crippen molar-refractivity contribution in [2.45, 2.75) is 16.7 Å². The van der Waals surface area contributed by atoms with Crippen LogP contribution in [-0.2, 0) is 9.84 Å². The van der Waals surface area contributed by atoms with E-state index < -0.39 is 9.84 Å². The molecular formula is C34H20N2O2S. The summed E-state index contributed by atoms with van der Waals surface area (Å²) in [6.07, 6.45) is 0. The molecular weight excluding hydrogens is 500 g/mol. The Morgan fingerprint density at radius 1 is 0.641 bits per heavy atom. The zero-order valence-electron chi connectivity index (χ0n) is 20.9. The summed E-state index contributed by atoms with van der Waals surface area (Å²) in [5.41, 5.74) is 3.91. The van der Waals surface area contributed by atoms with Crippen LogP contribution >= 0.6 is 0 Å². The highest BCUT2D eigenvalue weighted by Gasteiger charge is 2.33. The van der Waals surface area contributed by atoms with E-state index in [1.54, 1.807) is 12.1 Å². The summed E-state index contributed by atoms with van der Waals surface area (Å²) in [4.78, 5) is 5.27. The molecule has 1 aromatic heterocycles. The van der Waals surface area contributed by atoms with Crippen LogP contribution in [0.4, 0.5) is 0 Å². The predicted octanol–water partition coefficient (Wildman–Crippen LogP) is 8.20. The van der Waals surface area contributed by atoms with Gasteiger partial charge in [0.25, 0.3) is 0 Å². The van der Waals surface area contributed by atoms with Crippen LogP contribution in [0.5, 0.6) is 0 Å². The lowest BCUT2D eigenvalue weighted by Crippen LogP contribution is -2.15. The molecule has 0 atom stereocenters. The first-order valence-corrected chi connectivity index (χ1v) is 14.5. The van der Waals surface area contributed by atoms with E-state index in [0.29, 0.717) is 26.5 Å². The fourth-order valence-electron chi connectivity index (χ4n) is 6.82. The van der Waals surface area contributed by atoms with Gasteiger partial charge in [-0.15, -0.1) is 0 Å². The largest absolute Gasteiger partial charge is 0.294 e. The molecule has 1 aliphatic heterocycles. The van der Waals surface area contributed by atoms with E-state index in [9.17, 15) is 8.42 Å². The number of para-hydroxylation sites is 1. The Bertz CT molecular complexity index is 2420. The first-order valence-electron chi connectivity index (χ1n) is 13.0. The quantitative estimate of drug-likeness (QED) is 0.162. The van der Waals surface area contributed by atoms with Crippen molar-refractivity contribution < 1.29 is 8.42 Å². The standard InChI is InChI=1S/C34H20N2O2S/c1-19-35-28-12-5-13-30-34(28)36(19)29-17-14-21(18-31(29)39(30,37)38)22-15-16-27-25-9-3-7-20-6-2-8-24(32(20)25)26-11-4-10-23(22)33(26)27/h2-18H,1H3. The van der Waals surface area contributed by atoms with Gasteiger partial charge in [-0.1, -0.05) is 78.9 Å². The SMILES string of the molecule is Cc1nc2cccc3c2n1-c1ccc(-c2ccc4c5cccc6cccc(c7cccc2c74)c65)cc1S3(=O)=O. The second kappa shape index (κ2) is 7.01. The fraction of sp³-hybridized carbons (Fsp3) is 0.0294. The molecule has 0 radical (unpaired) electrons. The van der Waals surface area contributed by atoms with E-state index in [0.717, 1.165) is 22.3 Å². The van der Waals surface area contributed by atoms with Crippen LogP contribution in [0.25, 0.3) is 70.9 Å². The fourth-order valence-corrected chi connectivity index (χ4v) is 8.48. The van der Waals surface area contributed by atoms with Crippen LogP contribution in [0, 0.1) is 6.92 Å². The maximum Gasteiger partial charge on any atom is 0.210 e. The molecule has 0 fully saturated rings. The normalized spacial score (nSPS) is 14.2. The molecule has 0 unspecified atom stereocenters. The minimum absolute atomic E-state index is 0.312. The van der Waals surface area contributed by atoms with Crippen LogP contribution in [0.1, 0.15) is 5.82 Å². The average molecular weight is 521 g/mol. The van der Waals surface area contributed by atoms with Crippen molar-refractivity contribution in [2.75, 3.05) is 0 Å². The van der Waals surface area contributed by atoms with Crippen molar-refractivity contribution in [1.29, 1.82) is 0 Å². The first-order chi connectivity index (χ1) is 19.0. The number of rotatable bonds is 1. The Morgan fingerprint density at radius 3 is 2.10 bits per heavy atom. The van der Waals surface area contributed by atoms with E-state index in [4.69, 9.17) is 0 Å². The monoisotopic (exact) mass is 520 g/mol. The third kappa shape index (κ3) is 2.53. The van der Waals surface area contributed by atoms with Crippen LogP contribution < -0.4 is 0 Å². The van der Waals surface area contributed by atoms with Gasteiger partial charge in [0.1, 0.15) is 5.82 Å². The highest BCUT2D eigenvalue weighted by atomic mass is 32.2. The Hall–Kier alpha value is -4.74. The molecule has 2 heterocycles. The van der Waals surface area contributed by atoms with Gasteiger partial charge in [0.2, 0.25) is 9.84 Å². The number of hydrogen-bond donors (Lipinski definition) is 0. The summed E-state index contributed by atoms with van der Waals surface area (Å²) in [6, 6.07) is 34.9. The first kappa shape index (κ1) is 21.2. The van der Waals surface area contributed by atoms with E-state index in [2.05, 4.69) is 71.7 Å². The minimum atomic E-state index is -3.72. The number of aryl methyl sites for hydroxylation is 1. The van der Waals surface area contributed by atoms with Gasteiger partial charge in [0.15, 0.2) is 0 Å². The number of hydrogen-bond acceptors (Lipinski definition) is 3. The molecule has 8 aromatic rings. The predicted molar refractivity (Wildman–Crippen MR) is 158 cm³/mol. The van der Waals surface area contributed by atoms with Crippen molar-refractivity contribution >= 4 is 64.0 Å². The minimum Gasteiger partial charge on any atom is -0.294 e. The number of fused-ring (bicyclic) bond motifs is 4. The maximum atomic E-state index is 13.9. The molecule has 4 nitrogen and oxygen atoms in total. The summed E-state index contributed by atoms with van der Waals surface area (Å²) in [5.74, 6) is 0.774. The Morgan fingerprint density at radius 2 is 1.31 bits per heavy atom. The average Bonchev–Trinajstić information content (AvgIpc) is 3.30. The van der Waals surface area contributed by atoms with Crippen LogP contribution in [-0.4, -0.2) is 18.0 Å². The van der Waals surface area contributed by atoms with E-state index in [1.165, 1.54) is 37.7 Å². The molecule has 7 aromatic carbocycles. The zero-order valence-corrected chi connectivity index (χ0v) is 21.8.